The van der Waals surface area contributed by atoms with Gasteiger partial charge in [0.1, 0.15) is 0 Å². The molecule has 0 aliphatic carbocycles. The van der Waals surface area contributed by atoms with Gasteiger partial charge in [-0.25, -0.2) is 0 Å². The van der Waals surface area contributed by atoms with Gasteiger partial charge in [-0.05, 0) is 18.4 Å². The molecule has 0 aliphatic rings. The van der Waals surface area contributed by atoms with Gasteiger partial charge in [-0.1, -0.05) is 27.7 Å². The average Bonchev–Trinajstić information content (AvgIpc) is 2.27. The zero-order chi connectivity index (χ0) is 13.8. The molecule has 0 aromatic rings. The topological polar surface area (TPSA) is 39.7 Å². The molecule has 0 fully saturated rings. The summed E-state index contributed by atoms with van der Waals surface area (Å²) in [5.41, 5.74) is 0. The maximum atomic E-state index is 5.73. The Kier molecular flexibility index (Phi) is 11.8. The van der Waals surface area contributed by atoms with Crippen molar-refractivity contribution in [3.05, 3.63) is 0 Å². The lowest BCUT2D eigenvalue weighted by atomic mass is 10.2. The van der Waals surface area contributed by atoms with Crippen molar-refractivity contribution >= 4 is 0 Å². The van der Waals surface area contributed by atoms with E-state index in [1.165, 1.54) is 0 Å². The summed E-state index contributed by atoms with van der Waals surface area (Å²) in [5, 5.41) is 3.38. The Labute approximate surface area is 112 Å². The number of hydrogen-bond donors (Lipinski definition) is 1. The lowest BCUT2D eigenvalue weighted by Gasteiger charge is -2.18. The number of nitrogens with one attached hydrogen (secondary N) is 1. The lowest BCUT2D eigenvalue weighted by Crippen LogP contribution is -2.35. The zero-order valence-electron chi connectivity index (χ0n) is 12.7. The summed E-state index contributed by atoms with van der Waals surface area (Å²) >= 11 is 0. The van der Waals surface area contributed by atoms with Crippen LogP contribution >= 0.6 is 0 Å². The molecular weight excluding hydrogens is 230 g/mol. The van der Waals surface area contributed by atoms with Crippen LogP contribution in [0.5, 0.6) is 0 Å². The molecule has 0 aliphatic heterocycles. The molecule has 1 N–H and O–H groups in total. The third-order valence-corrected chi connectivity index (χ3v) is 2.31. The Bertz CT molecular complexity index is 174. The van der Waals surface area contributed by atoms with E-state index in [9.17, 15) is 0 Å². The predicted octanol–water partition coefficient (Wildman–Crippen LogP) is 1.94. The minimum absolute atomic E-state index is 0.108. The van der Waals surface area contributed by atoms with Crippen molar-refractivity contribution in [3.63, 3.8) is 0 Å². The first-order chi connectivity index (χ1) is 8.56. The fraction of sp³-hybridized carbons (Fsp3) is 1.00. The van der Waals surface area contributed by atoms with Crippen LogP contribution < -0.4 is 5.32 Å². The molecule has 0 saturated heterocycles. The molecule has 18 heavy (non-hydrogen) atoms. The Morgan fingerprint density at radius 2 is 1.61 bits per heavy atom. The number of methoxy groups -OCH3 is 1. The molecule has 0 aromatic carbocycles. The molecule has 0 rings (SSSR count). The number of ether oxygens (including phenoxy) is 3. The second-order valence-corrected chi connectivity index (χ2v) is 5.47. The molecule has 0 radical (unpaired) electrons. The van der Waals surface area contributed by atoms with Crippen LogP contribution in [0.15, 0.2) is 0 Å². The number of rotatable bonds is 12. The van der Waals surface area contributed by atoms with Crippen molar-refractivity contribution in [2.24, 2.45) is 11.8 Å². The van der Waals surface area contributed by atoms with Crippen LogP contribution in [0.1, 0.15) is 27.7 Å². The van der Waals surface area contributed by atoms with Gasteiger partial charge in [0.15, 0.2) is 0 Å². The summed E-state index contributed by atoms with van der Waals surface area (Å²) in [5.74, 6) is 1.23. The monoisotopic (exact) mass is 261 g/mol. The fourth-order valence-corrected chi connectivity index (χ4v) is 1.48. The normalized spacial score (nSPS) is 13.5. The van der Waals surface area contributed by atoms with E-state index >= 15 is 0 Å². The molecule has 0 heterocycles. The highest BCUT2D eigenvalue weighted by Gasteiger charge is 2.08. The van der Waals surface area contributed by atoms with Crippen LogP contribution in [-0.4, -0.2) is 52.7 Å². The molecule has 1 atom stereocenters. The second kappa shape index (κ2) is 11.9. The number of hydrogen-bond acceptors (Lipinski definition) is 4. The Balaban J connectivity index is 3.56. The van der Waals surface area contributed by atoms with E-state index in [4.69, 9.17) is 14.2 Å². The van der Waals surface area contributed by atoms with Crippen LogP contribution in [0.2, 0.25) is 0 Å². The first-order valence-corrected chi connectivity index (χ1v) is 6.95. The van der Waals surface area contributed by atoms with Gasteiger partial charge in [-0.3, -0.25) is 0 Å². The molecule has 110 valence electrons. The van der Waals surface area contributed by atoms with Gasteiger partial charge in [-0.2, -0.15) is 0 Å². The van der Waals surface area contributed by atoms with Crippen LogP contribution in [0, 0.1) is 11.8 Å². The Hall–Kier alpha value is -0.160. The highest BCUT2D eigenvalue weighted by atomic mass is 16.5. The summed E-state index contributed by atoms with van der Waals surface area (Å²) in [4.78, 5) is 0. The molecule has 0 bridgehead atoms. The molecule has 0 spiro atoms. The molecule has 0 aromatic heterocycles. The van der Waals surface area contributed by atoms with Gasteiger partial charge < -0.3 is 19.5 Å². The van der Waals surface area contributed by atoms with Crippen molar-refractivity contribution in [2.75, 3.05) is 46.6 Å². The van der Waals surface area contributed by atoms with Crippen LogP contribution in [0.25, 0.3) is 0 Å². The first-order valence-electron chi connectivity index (χ1n) is 6.95. The van der Waals surface area contributed by atoms with Crippen LogP contribution in [0.4, 0.5) is 0 Å². The third kappa shape index (κ3) is 12.3. The van der Waals surface area contributed by atoms with E-state index in [1.807, 2.05) is 0 Å². The van der Waals surface area contributed by atoms with Gasteiger partial charge in [-0.15, -0.1) is 0 Å². The third-order valence-electron chi connectivity index (χ3n) is 2.31. The zero-order valence-corrected chi connectivity index (χ0v) is 12.7. The minimum Gasteiger partial charge on any atom is -0.382 e. The van der Waals surface area contributed by atoms with Gasteiger partial charge in [0, 0.05) is 20.3 Å². The van der Waals surface area contributed by atoms with E-state index in [0.717, 1.165) is 19.7 Å². The molecule has 4 nitrogen and oxygen atoms in total. The predicted molar refractivity (Wildman–Crippen MR) is 75.0 cm³/mol. The minimum atomic E-state index is 0.108. The summed E-state index contributed by atoms with van der Waals surface area (Å²) in [6.45, 7) is 13.2. The summed E-state index contributed by atoms with van der Waals surface area (Å²) in [6, 6.07) is 0. The Morgan fingerprint density at radius 3 is 2.17 bits per heavy atom. The van der Waals surface area contributed by atoms with Crippen LogP contribution in [0.3, 0.4) is 0 Å². The van der Waals surface area contributed by atoms with Gasteiger partial charge >= 0.3 is 0 Å². The lowest BCUT2D eigenvalue weighted by molar-refractivity contribution is -0.0303. The highest BCUT2D eigenvalue weighted by Crippen LogP contribution is 1.96. The SMILES string of the molecule is COCC(CNCC(C)C)OCCOCC(C)C. The quantitative estimate of drug-likeness (QED) is 0.545. The van der Waals surface area contributed by atoms with Crippen molar-refractivity contribution in [3.8, 4) is 0 Å². The second-order valence-electron chi connectivity index (χ2n) is 5.47. The molecule has 1 unspecified atom stereocenters. The maximum absolute atomic E-state index is 5.73. The molecular formula is C14H31NO3. The fourth-order valence-electron chi connectivity index (χ4n) is 1.48. The van der Waals surface area contributed by atoms with E-state index in [-0.39, 0.29) is 6.10 Å². The van der Waals surface area contributed by atoms with Gasteiger partial charge in [0.25, 0.3) is 0 Å². The molecule has 0 amide bonds. The van der Waals surface area contributed by atoms with E-state index in [1.54, 1.807) is 7.11 Å². The summed E-state index contributed by atoms with van der Waals surface area (Å²) in [7, 11) is 1.70. The van der Waals surface area contributed by atoms with Crippen molar-refractivity contribution in [1.29, 1.82) is 0 Å². The van der Waals surface area contributed by atoms with Gasteiger partial charge in [0.05, 0.1) is 25.9 Å². The average molecular weight is 261 g/mol. The summed E-state index contributed by atoms with van der Waals surface area (Å²) in [6.07, 6.45) is 0.108. The smallest absolute Gasteiger partial charge is 0.0933 e. The van der Waals surface area contributed by atoms with Crippen molar-refractivity contribution in [2.45, 2.75) is 33.8 Å². The maximum Gasteiger partial charge on any atom is 0.0933 e. The van der Waals surface area contributed by atoms with Crippen molar-refractivity contribution in [1.82, 2.24) is 5.32 Å². The largest absolute Gasteiger partial charge is 0.382 e. The molecule has 4 heteroatoms. The Morgan fingerprint density at radius 1 is 0.889 bits per heavy atom. The summed E-state index contributed by atoms with van der Waals surface area (Å²) < 4.78 is 16.4. The van der Waals surface area contributed by atoms with E-state index in [2.05, 4.69) is 33.0 Å². The highest BCUT2D eigenvalue weighted by molar-refractivity contribution is 4.62. The van der Waals surface area contributed by atoms with Gasteiger partial charge in [0.2, 0.25) is 0 Å². The van der Waals surface area contributed by atoms with Crippen LogP contribution in [-0.2, 0) is 14.2 Å². The van der Waals surface area contributed by atoms with E-state index in [0.29, 0.717) is 31.7 Å². The van der Waals surface area contributed by atoms with Crippen molar-refractivity contribution < 1.29 is 14.2 Å². The standard InChI is InChI=1S/C14H31NO3/c1-12(2)8-15-9-14(11-16-5)18-7-6-17-10-13(3)4/h12-15H,6-11H2,1-5H3. The molecule has 0 saturated carbocycles. The van der Waals surface area contributed by atoms with E-state index < -0.39 is 0 Å². The first kappa shape index (κ1) is 17.8.